The van der Waals surface area contributed by atoms with Crippen molar-refractivity contribution in [2.45, 2.75) is 74.8 Å². The molecule has 0 saturated carbocycles. The van der Waals surface area contributed by atoms with E-state index in [1.807, 2.05) is 0 Å². The summed E-state index contributed by atoms with van der Waals surface area (Å²) < 4.78 is 128. The third-order valence-electron chi connectivity index (χ3n) is 5.03. The molecule has 2 fully saturated rings. The van der Waals surface area contributed by atoms with Crippen LogP contribution in [0.25, 0.3) is 0 Å². The Hall–Kier alpha value is -1.20. The molecule has 24 heteroatoms. The minimum Gasteiger partial charge on any atom is -0.479 e. The van der Waals surface area contributed by atoms with Crippen molar-refractivity contribution in [1.29, 1.82) is 0 Å². The molecule has 0 radical (unpaired) electrons. The molecule has 230 valence electrons. The molecule has 0 unspecified atom stereocenters. The zero-order valence-corrected chi connectivity index (χ0v) is 21.9. The number of aliphatic hydroxyl groups excluding tert-OH is 3. The summed E-state index contributed by atoms with van der Waals surface area (Å²) in [5, 5.41) is 40.3. The van der Waals surface area contributed by atoms with Gasteiger partial charge in [-0.05, 0) is 6.42 Å². The molecular formula is C15H26O21S3. The van der Waals surface area contributed by atoms with Gasteiger partial charge in [-0.25, -0.2) is 17.3 Å². The quantitative estimate of drug-likeness (QED) is 0.0936. The van der Waals surface area contributed by atoms with E-state index < -0.39 is 105 Å². The van der Waals surface area contributed by atoms with Crippen molar-refractivity contribution in [1.82, 2.24) is 0 Å². The summed E-state index contributed by atoms with van der Waals surface area (Å²) in [4.78, 5) is 11.5. The van der Waals surface area contributed by atoms with Crippen LogP contribution in [0.15, 0.2) is 0 Å². The lowest BCUT2D eigenvalue weighted by Gasteiger charge is -2.46. The molecule has 0 amide bonds. The van der Waals surface area contributed by atoms with Gasteiger partial charge in [0.05, 0.1) is 6.61 Å². The Labute approximate surface area is 220 Å². The van der Waals surface area contributed by atoms with Gasteiger partial charge in [0.15, 0.2) is 30.9 Å². The summed E-state index contributed by atoms with van der Waals surface area (Å²) in [5.41, 5.74) is 0. The Morgan fingerprint density at radius 2 is 1.31 bits per heavy atom. The van der Waals surface area contributed by atoms with E-state index in [2.05, 4.69) is 12.5 Å². The van der Waals surface area contributed by atoms with Gasteiger partial charge in [0.1, 0.15) is 30.5 Å². The van der Waals surface area contributed by atoms with E-state index in [9.17, 15) is 50.5 Å². The maximum atomic E-state index is 11.5. The van der Waals surface area contributed by atoms with Crippen molar-refractivity contribution >= 4 is 37.2 Å². The summed E-state index contributed by atoms with van der Waals surface area (Å²) in [5.74, 6) is -1.92. The molecule has 0 aliphatic carbocycles. The van der Waals surface area contributed by atoms with Gasteiger partial charge in [0, 0.05) is 6.61 Å². The molecule has 0 aromatic rings. The first-order chi connectivity index (χ1) is 17.7. The monoisotopic (exact) mass is 638 g/mol. The van der Waals surface area contributed by atoms with Crippen LogP contribution in [0, 0.1) is 0 Å². The molecule has 7 N–H and O–H groups in total. The van der Waals surface area contributed by atoms with Crippen LogP contribution in [-0.2, 0) is 67.5 Å². The maximum Gasteiger partial charge on any atom is 0.397 e. The first kappa shape index (κ1) is 34.0. The maximum absolute atomic E-state index is 11.5. The third-order valence-corrected chi connectivity index (χ3v) is 6.39. The van der Waals surface area contributed by atoms with Gasteiger partial charge in [0.2, 0.25) is 0 Å². The van der Waals surface area contributed by atoms with E-state index in [1.165, 1.54) is 0 Å². The molecule has 10 atom stereocenters. The second-order valence-electron chi connectivity index (χ2n) is 7.94. The van der Waals surface area contributed by atoms with E-state index >= 15 is 0 Å². The van der Waals surface area contributed by atoms with Crippen LogP contribution in [0.4, 0.5) is 0 Å². The van der Waals surface area contributed by atoms with Crippen molar-refractivity contribution in [3.63, 3.8) is 0 Å². The predicted octanol–water partition coefficient (Wildman–Crippen LogP) is -4.39. The highest BCUT2D eigenvalue weighted by Crippen LogP contribution is 2.33. The standard InChI is InChI=1S/C15H26O21S3/c1-2-3-30-14-12(36-39(27,28)29)8(18)9(5(32-14)4-31-37(21,22)23)33-15-11(35-38(24,25)26)7(17)6(16)10(34-15)13(19)20/h5-12,14-18H,2-4H2,1H3,(H,19,20)(H,21,22,23)(H,24,25,26)(H,27,28,29)/t5-,6+,7+,8+,9-,10+,11-,12-,14-,15-/m1/s1. The molecule has 0 aromatic heterocycles. The second kappa shape index (κ2) is 13.2. The van der Waals surface area contributed by atoms with Crippen molar-refractivity contribution in [2.75, 3.05) is 13.2 Å². The lowest BCUT2D eigenvalue weighted by molar-refractivity contribution is -0.350. The molecule has 2 heterocycles. The van der Waals surface area contributed by atoms with Crippen molar-refractivity contribution in [2.24, 2.45) is 0 Å². The molecule has 0 bridgehead atoms. The fourth-order valence-electron chi connectivity index (χ4n) is 3.51. The van der Waals surface area contributed by atoms with Crippen molar-refractivity contribution in [3.8, 4) is 0 Å². The van der Waals surface area contributed by atoms with Gasteiger partial charge >= 0.3 is 37.2 Å². The highest BCUT2D eigenvalue weighted by molar-refractivity contribution is 7.81. The van der Waals surface area contributed by atoms with E-state index in [-0.39, 0.29) is 13.0 Å². The number of carboxylic acids is 1. The van der Waals surface area contributed by atoms with Crippen LogP contribution in [0.2, 0.25) is 0 Å². The molecule has 0 spiro atoms. The number of hydrogen-bond donors (Lipinski definition) is 7. The molecule has 2 aliphatic heterocycles. The minimum absolute atomic E-state index is 0.180. The van der Waals surface area contributed by atoms with Crippen LogP contribution in [0.3, 0.4) is 0 Å². The number of aliphatic carboxylic acids is 1. The number of rotatable bonds is 13. The average molecular weight is 639 g/mol. The SMILES string of the molecule is CCCO[C@@H]1O[C@H](COS(=O)(=O)O)[C@@H](O[C@@H]2O[C@H](C(=O)O)[C@@H](O)[C@H](O)[C@H]2OS(=O)(=O)O)[C@H](O)[C@H]1OS(=O)(=O)O. The zero-order valence-electron chi connectivity index (χ0n) is 19.5. The molecule has 0 aromatic carbocycles. The largest absolute Gasteiger partial charge is 0.479 e. The normalized spacial score (nSPS) is 36.5. The van der Waals surface area contributed by atoms with Crippen LogP contribution in [-0.4, -0.2) is 140 Å². The van der Waals surface area contributed by atoms with Gasteiger partial charge in [-0.1, -0.05) is 6.92 Å². The predicted molar refractivity (Wildman–Crippen MR) is 114 cm³/mol. The molecule has 2 rings (SSSR count). The van der Waals surface area contributed by atoms with E-state index in [1.54, 1.807) is 6.92 Å². The van der Waals surface area contributed by atoms with E-state index in [0.29, 0.717) is 0 Å². The Morgan fingerprint density at radius 1 is 0.769 bits per heavy atom. The summed E-state index contributed by atoms with van der Waals surface area (Å²) in [6, 6.07) is 0. The lowest BCUT2D eigenvalue weighted by Crippen LogP contribution is -2.66. The lowest BCUT2D eigenvalue weighted by atomic mass is 9.97. The van der Waals surface area contributed by atoms with Crippen LogP contribution < -0.4 is 0 Å². The van der Waals surface area contributed by atoms with E-state index in [4.69, 9.17) is 32.6 Å². The van der Waals surface area contributed by atoms with Crippen LogP contribution in [0.1, 0.15) is 13.3 Å². The van der Waals surface area contributed by atoms with Gasteiger partial charge < -0.3 is 39.4 Å². The van der Waals surface area contributed by atoms with Gasteiger partial charge in [-0.15, -0.1) is 0 Å². The Bertz CT molecular complexity index is 1150. The van der Waals surface area contributed by atoms with E-state index in [0.717, 1.165) is 0 Å². The number of hydrogen-bond acceptors (Lipinski definition) is 17. The zero-order chi connectivity index (χ0) is 29.9. The molecular weight excluding hydrogens is 612 g/mol. The minimum atomic E-state index is -5.47. The second-order valence-corrected chi connectivity index (χ2v) is 11.1. The molecule has 39 heavy (non-hydrogen) atoms. The third kappa shape index (κ3) is 9.99. The Balaban J connectivity index is 2.52. The first-order valence-corrected chi connectivity index (χ1v) is 14.6. The average Bonchev–Trinajstić information content (AvgIpc) is 2.77. The topological polar surface area (TPSA) is 326 Å². The summed E-state index contributed by atoms with van der Waals surface area (Å²) >= 11 is 0. The summed E-state index contributed by atoms with van der Waals surface area (Å²) in [7, 11) is -16.0. The number of carboxylic acid groups (broad SMARTS) is 1. The number of ether oxygens (including phenoxy) is 4. The van der Waals surface area contributed by atoms with Crippen molar-refractivity contribution < 1.29 is 95.6 Å². The Kier molecular flexibility index (Phi) is 11.5. The molecule has 21 nitrogen and oxygen atoms in total. The summed E-state index contributed by atoms with van der Waals surface area (Å²) in [6.07, 6.45) is -22.4. The van der Waals surface area contributed by atoms with Gasteiger partial charge in [0.25, 0.3) is 0 Å². The fourth-order valence-corrected chi connectivity index (χ4v) is 4.79. The fraction of sp³-hybridized carbons (Fsp3) is 0.933. The first-order valence-electron chi connectivity index (χ1n) is 10.5. The Morgan fingerprint density at radius 3 is 1.77 bits per heavy atom. The highest BCUT2D eigenvalue weighted by Gasteiger charge is 2.55. The van der Waals surface area contributed by atoms with Gasteiger partial charge in [-0.3, -0.25) is 13.7 Å². The number of aliphatic hydroxyl groups is 3. The highest BCUT2D eigenvalue weighted by atomic mass is 32.3. The van der Waals surface area contributed by atoms with Gasteiger partial charge in [-0.2, -0.15) is 25.3 Å². The van der Waals surface area contributed by atoms with Crippen LogP contribution in [0.5, 0.6) is 0 Å². The van der Waals surface area contributed by atoms with Crippen molar-refractivity contribution in [3.05, 3.63) is 0 Å². The smallest absolute Gasteiger partial charge is 0.397 e. The molecule has 2 aliphatic rings. The number of carbonyl (C=O) groups is 1. The molecule has 2 saturated heterocycles. The summed E-state index contributed by atoms with van der Waals surface area (Å²) in [6.45, 7) is 0.187. The van der Waals surface area contributed by atoms with Crippen LogP contribution >= 0.6 is 0 Å².